The van der Waals surface area contributed by atoms with Gasteiger partial charge in [-0.3, -0.25) is 9.89 Å². The van der Waals surface area contributed by atoms with Gasteiger partial charge >= 0.3 is 0 Å². The number of hydrogen-bond donors (Lipinski definition) is 3. The summed E-state index contributed by atoms with van der Waals surface area (Å²) in [6, 6.07) is 2.62. The van der Waals surface area contributed by atoms with Crippen molar-refractivity contribution in [2.24, 2.45) is 7.05 Å². The Kier molecular flexibility index (Phi) is 6.62. The minimum Gasteiger partial charge on any atom is -0.369 e. The number of hydrogen-bond acceptors (Lipinski definition) is 6. The van der Waals surface area contributed by atoms with Crippen LogP contribution in [0, 0.1) is 25.5 Å². The van der Waals surface area contributed by atoms with Gasteiger partial charge < -0.3 is 15.2 Å². The molecule has 0 spiro atoms. The number of nitrogens with one attached hydrogen (secondary N) is 3. The summed E-state index contributed by atoms with van der Waals surface area (Å²) in [4.78, 5) is 26.2. The van der Waals surface area contributed by atoms with Crippen molar-refractivity contribution in [3.05, 3.63) is 88.7 Å². The first-order valence-corrected chi connectivity index (χ1v) is 10.6. The van der Waals surface area contributed by atoms with Crippen molar-refractivity contribution in [2.45, 2.75) is 26.3 Å². The number of halogens is 2. The fraction of sp³-hybridized carbons (Fsp3) is 0.261. The molecule has 34 heavy (non-hydrogen) atoms. The third kappa shape index (κ3) is 4.92. The molecule has 3 aromatic heterocycles. The maximum Gasteiger partial charge on any atom is 0.290 e. The molecule has 0 saturated heterocycles. The Morgan fingerprint density at radius 3 is 2.71 bits per heavy atom. The number of anilines is 1. The van der Waals surface area contributed by atoms with Gasteiger partial charge in [0.2, 0.25) is 5.82 Å². The lowest BCUT2D eigenvalue weighted by Gasteiger charge is -2.19. The Hall–Kier alpha value is -4.15. The van der Waals surface area contributed by atoms with Crippen LogP contribution in [0.25, 0.3) is 0 Å². The van der Waals surface area contributed by atoms with E-state index in [2.05, 4.69) is 35.8 Å². The van der Waals surface area contributed by atoms with Gasteiger partial charge in [0.25, 0.3) is 5.91 Å². The third-order valence-corrected chi connectivity index (χ3v) is 5.52. The van der Waals surface area contributed by atoms with Crippen LogP contribution in [-0.2, 0) is 13.5 Å². The molecule has 1 unspecified atom stereocenters. The molecule has 3 N–H and O–H groups in total. The van der Waals surface area contributed by atoms with Gasteiger partial charge in [-0.05, 0) is 43.5 Å². The van der Waals surface area contributed by atoms with Crippen molar-refractivity contribution in [3.8, 4) is 0 Å². The smallest absolute Gasteiger partial charge is 0.290 e. The van der Waals surface area contributed by atoms with Gasteiger partial charge in [0.15, 0.2) is 11.6 Å². The Morgan fingerprint density at radius 2 is 2.03 bits per heavy atom. The Bertz CT molecular complexity index is 1300. The van der Waals surface area contributed by atoms with Crippen LogP contribution in [0.1, 0.15) is 44.9 Å². The number of rotatable bonds is 8. The molecule has 0 aliphatic carbocycles. The molecule has 1 aromatic carbocycles. The van der Waals surface area contributed by atoms with E-state index in [1.807, 2.05) is 13.1 Å². The maximum absolute atomic E-state index is 14.0. The first-order chi connectivity index (χ1) is 16.3. The van der Waals surface area contributed by atoms with Crippen LogP contribution >= 0.6 is 0 Å². The van der Waals surface area contributed by atoms with Crippen LogP contribution in [0.15, 0.2) is 43.0 Å². The van der Waals surface area contributed by atoms with Crippen molar-refractivity contribution < 1.29 is 13.6 Å². The monoisotopic (exact) mass is 466 g/mol. The molecule has 0 saturated carbocycles. The second kappa shape index (κ2) is 9.77. The van der Waals surface area contributed by atoms with E-state index in [1.54, 1.807) is 37.1 Å². The van der Waals surface area contributed by atoms with E-state index in [4.69, 9.17) is 0 Å². The Morgan fingerprint density at radius 1 is 1.21 bits per heavy atom. The first-order valence-electron chi connectivity index (χ1n) is 10.6. The van der Waals surface area contributed by atoms with Crippen molar-refractivity contribution >= 4 is 11.7 Å². The Labute approximate surface area is 194 Å². The number of carbonyl (C=O) groups is 1. The molecule has 4 aromatic rings. The van der Waals surface area contributed by atoms with Crippen LogP contribution in [0.4, 0.5) is 14.6 Å². The van der Waals surface area contributed by atoms with E-state index in [0.29, 0.717) is 29.4 Å². The normalized spacial score (nSPS) is 11.9. The summed E-state index contributed by atoms with van der Waals surface area (Å²) in [5, 5.41) is 12.8. The van der Waals surface area contributed by atoms with E-state index in [9.17, 15) is 13.6 Å². The highest BCUT2D eigenvalue weighted by Crippen LogP contribution is 2.23. The number of aromatic nitrogens is 6. The van der Waals surface area contributed by atoms with Crippen LogP contribution in [0.5, 0.6) is 0 Å². The topological polar surface area (TPSA) is 113 Å². The van der Waals surface area contributed by atoms with Gasteiger partial charge in [0.05, 0.1) is 6.20 Å². The molecule has 0 bridgehead atoms. The molecule has 0 aliphatic heterocycles. The molecular weight excluding hydrogens is 442 g/mol. The van der Waals surface area contributed by atoms with Crippen molar-refractivity contribution in [3.63, 3.8) is 0 Å². The fourth-order valence-corrected chi connectivity index (χ4v) is 3.48. The van der Waals surface area contributed by atoms with E-state index in [-0.39, 0.29) is 5.82 Å². The standard InChI is InChI=1S/C23H24F2N8O/c1-13-14(2)30-21(32-20(13)26-7-6-15-11-28-29-12-15)23(34)31-19(22-27-8-9-33(22)3)16-4-5-17(24)18(25)10-16/h4-5,8-12,19H,6-7H2,1-3H3,(H,28,29)(H,31,34)(H,26,30,32). The second-order valence-corrected chi connectivity index (χ2v) is 7.87. The predicted octanol–water partition coefficient (Wildman–Crippen LogP) is 3.00. The fourth-order valence-electron chi connectivity index (χ4n) is 3.48. The van der Waals surface area contributed by atoms with Gasteiger partial charge in [0.1, 0.15) is 17.7 Å². The molecule has 1 amide bonds. The zero-order chi connectivity index (χ0) is 24.2. The average molecular weight is 466 g/mol. The second-order valence-electron chi connectivity index (χ2n) is 7.87. The van der Waals surface area contributed by atoms with Crippen LogP contribution in [0.3, 0.4) is 0 Å². The molecule has 176 valence electrons. The summed E-state index contributed by atoms with van der Waals surface area (Å²) < 4.78 is 29.2. The van der Waals surface area contributed by atoms with Gasteiger partial charge in [-0.1, -0.05) is 6.07 Å². The minimum atomic E-state index is -1.02. The van der Waals surface area contributed by atoms with Gasteiger partial charge in [0, 0.05) is 43.4 Å². The molecule has 0 fully saturated rings. The number of amides is 1. The van der Waals surface area contributed by atoms with Crippen LogP contribution < -0.4 is 10.6 Å². The lowest BCUT2D eigenvalue weighted by molar-refractivity contribution is 0.0930. The number of carbonyl (C=O) groups excluding carboxylic acids is 1. The number of aryl methyl sites for hydroxylation is 2. The SMILES string of the molecule is Cc1nc(C(=O)NC(c2ccc(F)c(F)c2)c2nccn2C)nc(NCCc2cn[nH]c2)c1C. The number of H-pyrrole nitrogens is 1. The first kappa shape index (κ1) is 23.0. The molecule has 11 heteroatoms. The van der Waals surface area contributed by atoms with E-state index >= 15 is 0 Å². The van der Waals surface area contributed by atoms with E-state index in [1.165, 1.54) is 6.07 Å². The maximum atomic E-state index is 14.0. The van der Waals surface area contributed by atoms with Crippen LogP contribution in [-0.4, -0.2) is 42.2 Å². The summed E-state index contributed by atoms with van der Waals surface area (Å²) in [6.45, 7) is 4.25. The zero-order valence-electron chi connectivity index (χ0n) is 18.9. The highest BCUT2D eigenvalue weighted by molar-refractivity contribution is 5.91. The van der Waals surface area contributed by atoms with Crippen molar-refractivity contribution in [1.29, 1.82) is 0 Å². The largest absolute Gasteiger partial charge is 0.369 e. The van der Waals surface area contributed by atoms with Crippen molar-refractivity contribution in [1.82, 2.24) is 35.0 Å². The van der Waals surface area contributed by atoms with E-state index in [0.717, 1.165) is 29.7 Å². The van der Waals surface area contributed by atoms with Gasteiger partial charge in [-0.2, -0.15) is 5.10 Å². The molecule has 9 nitrogen and oxygen atoms in total. The summed E-state index contributed by atoms with van der Waals surface area (Å²) >= 11 is 0. The molecule has 4 rings (SSSR count). The van der Waals surface area contributed by atoms with Gasteiger partial charge in [-0.15, -0.1) is 0 Å². The van der Waals surface area contributed by atoms with E-state index < -0.39 is 23.6 Å². The lowest BCUT2D eigenvalue weighted by Crippen LogP contribution is -2.33. The number of benzene rings is 1. The average Bonchev–Trinajstić information content (AvgIpc) is 3.48. The number of nitrogens with zero attached hydrogens (tertiary/aromatic N) is 5. The molecule has 0 radical (unpaired) electrons. The van der Waals surface area contributed by atoms with Gasteiger partial charge in [-0.25, -0.2) is 23.7 Å². The Balaban J connectivity index is 1.59. The summed E-state index contributed by atoms with van der Waals surface area (Å²) in [5.74, 6) is -1.62. The van der Waals surface area contributed by atoms with Crippen LogP contribution in [0.2, 0.25) is 0 Å². The molecule has 0 aliphatic rings. The summed E-state index contributed by atoms with van der Waals surface area (Å²) in [5.41, 5.74) is 2.85. The molecular formula is C23H24F2N8O. The van der Waals surface area contributed by atoms with Crippen molar-refractivity contribution in [2.75, 3.05) is 11.9 Å². The molecule has 1 atom stereocenters. The minimum absolute atomic E-state index is 0.0456. The number of aromatic amines is 1. The summed E-state index contributed by atoms with van der Waals surface area (Å²) in [7, 11) is 1.75. The summed E-state index contributed by atoms with van der Waals surface area (Å²) in [6.07, 6.45) is 7.53. The highest BCUT2D eigenvalue weighted by Gasteiger charge is 2.24. The number of imidazole rings is 1. The predicted molar refractivity (Wildman–Crippen MR) is 121 cm³/mol. The quantitative estimate of drug-likeness (QED) is 0.368. The highest BCUT2D eigenvalue weighted by atomic mass is 19.2. The zero-order valence-corrected chi connectivity index (χ0v) is 18.9. The lowest BCUT2D eigenvalue weighted by atomic mass is 10.1. The third-order valence-electron chi connectivity index (χ3n) is 5.52. The molecule has 3 heterocycles.